The molecule has 31 heavy (non-hydrogen) atoms. The fourth-order valence-electron chi connectivity index (χ4n) is 3.63. The average Bonchev–Trinajstić information content (AvgIpc) is 3.10. The van der Waals surface area contributed by atoms with Crippen LogP contribution >= 0.6 is 12.2 Å². The summed E-state index contributed by atoms with van der Waals surface area (Å²) in [6.45, 7) is 7.86. The van der Waals surface area contributed by atoms with Crippen LogP contribution in [0.15, 0.2) is 24.3 Å². The number of rotatable bonds is 6. The van der Waals surface area contributed by atoms with Gasteiger partial charge in [0.2, 0.25) is 0 Å². The van der Waals surface area contributed by atoms with E-state index in [1.807, 2.05) is 39.8 Å². The van der Waals surface area contributed by atoms with Gasteiger partial charge in [0, 0.05) is 23.7 Å². The first kappa shape index (κ1) is 22.2. The van der Waals surface area contributed by atoms with E-state index < -0.39 is 0 Å². The van der Waals surface area contributed by atoms with Gasteiger partial charge in [-0.2, -0.15) is 5.10 Å². The van der Waals surface area contributed by atoms with Crippen molar-refractivity contribution in [3.8, 4) is 46.8 Å². The zero-order valence-corrected chi connectivity index (χ0v) is 19.0. The highest BCUT2D eigenvalue weighted by Gasteiger charge is 2.23. The molecule has 0 fully saturated rings. The van der Waals surface area contributed by atoms with E-state index in [1.54, 1.807) is 22.6 Å². The lowest BCUT2D eigenvalue weighted by molar-refractivity contribution is 0.414. The third-order valence-corrected chi connectivity index (χ3v) is 5.49. The molecule has 0 bridgehead atoms. The molecule has 0 aliphatic heterocycles. The largest absolute Gasteiger partial charge is 0.508 e. The lowest BCUT2D eigenvalue weighted by atomic mass is 10.0. The minimum absolute atomic E-state index is 0.0361. The molecule has 8 heteroatoms. The molecule has 162 valence electrons. The Kier molecular flexibility index (Phi) is 6.27. The molecule has 0 spiro atoms. The first-order valence-electron chi connectivity index (χ1n) is 9.91. The second-order valence-electron chi connectivity index (χ2n) is 7.39. The van der Waals surface area contributed by atoms with E-state index in [1.165, 1.54) is 6.07 Å². The van der Waals surface area contributed by atoms with Crippen molar-refractivity contribution in [2.75, 3.05) is 12.0 Å². The standard InChI is InChI=1S/C23H26N4O3S/c1-7-15-11-16(19(29)12-18(15)28)22-24-25-23(31)27(22)17-9-10-20(30-6)21(14(17)5)26(8-2)13(3)4/h2,9-13,28-29H,7H2,1,3-6H3,(H,25,31). The van der Waals surface area contributed by atoms with Gasteiger partial charge in [0.1, 0.15) is 17.2 Å². The van der Waals surface area contributed by atoms with E-state index in [4.69, 9.17) is 23.4 Å². The Morgan fingerprint density at radius 1 is 1.29 bits per heavy atom. The lowest BCUT2D eigenvalue weighted by Gasteiger charge is -2.27. The van der Waals surface area contributed by atoms with Crippen molar-refractivity contribution < 1.29 is 14.9 Å². The van der Waals surface area contributed by atoms with Crippen LogP contribution in [0, 0.1) is 24.2 Å². The maximum absolute atomic E-state index is 10.5. The van der Waals surface area contributed by atoms with Crippen LogP contribution in [0.5, 0.6) is 17.2 Å². The molecule has 0 aliphatic carbocycles. The van der Waals surface area contributed by atoms with Crippen molar-refractivity contribution in [3.63, 3.8) is 0 Å². The zero-order valence-electron chi connectivity index (χ0n) is 18.2. The van der Waals surface area contributed by atoms with Crippen LogP contribution in [0.2, 0.25) is 0 Å². The smallest absolute Gasteiger partial charge is 0.200 e. The number of hydrogen-bond donors (Lipinski definition) is 3. The van der Waals surface area contributed by atoms with Crippen LogP contribution in [0.25, 0.3) is 17.1 Å². The Hall–Kier alpha value is -3.44. The summed E-state index contributed by atoms with van der Waals surface area (Å²) in [6, 6.07) is 9.51. The third-order valence-electron chi connectivity index (χ3n) is 5.21. The summed E-state index contributed by atoms with van der Waals surface area (Å²) in [5, 5.41) is 27.8. The van der Waals surface area contributed by atoms with E-state index >= 15 is 0 Å². The molecule has 0 saturated carbocycles. The fraction of sp³-hybridized carbons (Fsp3) is 0.304. The first-order chi connectivity index (χ1) is 14.7. The summed E-state index contributed by atoms with van der Waals surface area (Å²) >= 11 is 5.52. The molecule has 3 N–H and O–H groups in total. The van der Waals surface area contributed by atoms with E-state index in [0.29, 0.717) is 33.9 Å². The van der Waals surface area contributed by atoms with Crippen molar-refractivity contribution in [3.05, 3.63) is 40.2 Å². The number of aromatic hydroxyl groups is 2. The second kappa shape index (κ2) is 8.74. The molecule has 0 radical (unpaired) electrons. The van der Waals surface area contributed by atoms with Gasteiger partial charge in [-0.3, -0.25) is 14.6 Å². The summed E-state index contributed by atoms with van der Waals surface area (Å²) in [7, 11) is 1.60. The van der Waals surface area contributed by atoms with E-state index in [2.05, 4.69) is 16.2 Å². The van der Waals surface area contributed by atoms with Crippen LogP contribution in [0.4, 0.5) is 5.69 Å². The number of nitrogens with zero attached hydrogens (tertiary/aromatic N) is 3. The number of phenols is 2. The molecule has 1 aromatic heterocycles. The number of aromatic amines is 1. The predicted octanol–water partition coefficient (Wildman–Crippen LogP) is 4.69. The highest BCUT2D eigenvalue weighted by molar-refractivity contribution is 7.71. The SMILES string of the molecule is C#CN(c1c(OC)ccc(-n2c(-c3cc(CC)c(O)cc3O)n[nH]c2=S)c1C)C(C)C. The molecular weight excluding hydrogens is 412 g/mol. The maximum atomic E-state index is 10.5. The van der Waals surface area contributed by atoms with E-state index in [9.17, 15) is 10.2 Å². The normalized spacial score (nSPS) is 10.9. The van der Waals surface area contributed by atoms with Gasteiger partial charge in [0.25, 0.3) is 0 Å². The molecule has 7 nitrogen and oxygen atoms in total. The molecule has 0 saturated heterocycles. The summed E-state index contributed by atoms with van der Waals surface area (Å²) in [4.78, 5) is 1.80. The number of phenolic OH excluding ortho intramolecular Hbond substituents is 2. The van der Waals surface area contributed by atoms with Crippen molar-refractivity contribution in [1.29, 1.82) is 0 Å². The number of benzene rings is 2. The van der Waals surface area contributed by atoms with Crippen molar-refractivity contribution in [2.24, 2.45) is 0 Å². The number of ether oxygens (including phenoxy) is 1. The third kappa shape index (κ3) is 3.84. The number of aryl methyl sites for hydroxylation is 1. The minimum atomic E-state index is -0.0937. The minimum Gasteiger partial charge on any atom is -0.508 e. The van der Waals surface area contributed by atoms with Crippen LogP contribution in [-0.4, -0.2) is 38.1 Å². The van der Waals surface area contributed by atoms with Gasteiger partial charge in [-0.1, -0.05) is 13.3 Å². The highest BCUT2D eigenvalue weighted by Crippen LogP contribution is 2.39. The number of H-pyrrole nitrogens is 1. The van der Waals surface area contributed by atoms with Gasteiger partial charge >= 0.3 is 0 Å². The number of anilines is 1. The summed E-state index contributed by atoms with van der Waals surface area (Å²) in [6.07, 6.45) is 6.40. The van der Waals surface area contributed by atoms with Gasteiger partial charge in [-0.15, -0.1) is 0 Å². The Morgan fingerprint density at radius 3 is 2.58 bits per heavy atom. The summed E-state index contributed by atoms with van der Waals surface area (Å²) < 4.78 is 7.68. The quantitative estimate of drug-likeness (QED) is 0.294. The van der Waals surface area contributed by atoms with E-state index in [-0.39, 0.29) is 17.5 Å². The molecule has 3 aromatic rings. The molecule has 0 amide bonds. The fourth-order valence-corrected chi connectivity index (χ4v) is 3.86. The average molecular weight is 439 g/mol. The highest BCUT2D eigenvalue weighted by atomic mass is 32.1. The molecular formula is C23H26N4O3S. The molecule has 0 atom stereocenters. The molecule has 2 aromatic carbocycles. The Morgan fingerprint density at radius 2 is 2.00 bits per heavy atom. The topological polar surface area (TPSA) is 86.5 Å². The number of nitrogens with one attached hydrogen (secondary N) is 1. The molecule has 0 aliphatic rings. The number of methoxy groups -OCH3 is 1. The Bertz CT molecular complexity index is 1220. The zero-order chi connectivity index (χ0) is 22.9. The van der Waals surface area contributed by atoms with Crippen molar-refractivity contribution >= 4 is 17.9 Å². The predicted molar refractivity (Wildman–Crippen MR) is 125 cm³/mol. The number of terminal acetylenes is 1. The Balaban J connectivity index is 2.32. The van der Waals surface area contributed by atoms with Crippen LogP contribution < -0.4 is 9.64 Å². The molecule has 1 heterocycles. The van der Waals surface area contributed by atoms with E-state index in [0.717, 1.165) is 16.9 Å². The van der Waals surface area contributed by atoms with Crippen molar-refractivity contribution in [2.45, 2.75) is 40.2 Å². The maximum Gasteiger partial charge on any atom is 0.200 e. The van der Waals surface area contributed by atoms with Gasteiger partial charge in [0.15, 0.2) is 10.6 Å². The summed E-state index contributed by atoms with van der Waals surface area (Å²) in [5.41, 5.74) is 3.50. The summed E-state index contributed by atoms with van der Waals surface area (Å²) in [5.74, 6) is 1.01. The monoisotopic (exact) mass is 438 g/mol. The van der Waals surface area contributed by atoms with Crippen LogP contribution in [0.1, 0.15) is 31.9 Å². The van der Waals surface area contributed by atoms with Gasteiger partial charge in [0.05, 0.1) is 24.0 Å². The van der Waals surface area contributed by atoms with Crippen molar-refractivity contribution in [1.82, 2.24) is 14.8 Å². The van der Waals surface area contributed by atoms with Gasteiger partial charge in [-0.25, -0.2) is 0 Å². The van der Waals surface area contributed by atoms with Crippen LogP contribution in [-0.2, 0) is 6.42 Å². The molecule has 3 rings (SSSR count). The number of hydrogen-bond acceptors (Lipinski definition) is 6. The van der Waals surface area contributed by atoms with Gasteiger partial charge < -0.3 is 14.9 Å². The second-order valence-corrected chi connectivity index (χ2v) is 7.78. The Labute approximate surface area is 186 Å². The van der Waals surface area contributed by atoms with Gasteiger partial charge in [-0.05, 0) is 63.2 Å². The number of aromatic nitrogens is 3. The molecule has 0 unspecified atom stereocenters. The first-order valence-corrected chi connectivity index (χ1v) is 10.3. The van der Waals surface area contributed by atoms with Crippen LogP contribution in [0.3, 0.4) is 0 Å². The lowest BCUT2D eigenvalue weighted by Crippen LogP contribution is -2.26.